The quantitative estimate of drug-likeness (QED) is 0.396. The number of pyridine rings is 1. The Kier molecular flexibility index (Phi) is 6.27. The number of imidazole rings is 1. The standard InChI is InChI=1S/C25H25ClN6O3/c1-30(2)15-23-27-9-10-31(23)17-3-5-18(6-4-17)32-14-16(11-24(32)33)13-28-25(34)21-12-19-20(35-21)7-8-22(26)29-19/h3-10,12,16H,11,13-15H2,1-2H3,(H,28,34). The second kappa shape index (κ2) is 9.52. The molecule has 0 radical (unpaired) electrons. The van der Waals surface area contributed by atoms with Crippen LogP contribution in [0.15, 0.2) is 59.3 Å². The SMILES string of the molecule is CN(C)Cc1nccn1-c1ccc(N2CC(CNC(=O)c3cc4nc(Cl)ccc4o3)CC2=O)cc1. The van der Waals surface area contributed by atoms with Crippen molar-refractivity contribution >= 4 is 40.2 Å². The van der Waals surface area contributed by atoms with Gasteiger partial charge in [-0.3, -0.25) is 9.59 Å². The summed E-state index contributed by atoms with van der Waals surface area (Å²) in [4.78, 5) is 37.7. The van der Waals surface area contributed by atoms with Crippen LogP contribution in [0.4, 0.5) is 5.69 Å². The Morgan fingerprint density at radius 1 is 1.20 bits per heavy atom. The lowest BCUT2D eigenvalue weighted by molar-refractivity contribution is -0.117. The molecule has 10 heteroatoms. The zero-order chi connectivity index (χ0) is 24.5. The van der Waals surface area contributed by atoms with E-state index >= 15 is 0 Å². The van der Waals surface area contributed by atoms with Crippen molar-refractivity contribution in [2.45, 2.75) is 13.0 Å². The van der Waals surface area contributed by atoms with Gasteiger partial charge in [0.1, 0.15) is 16.5 Å². The van der Waals surface area contributed by atoms with Gasteiger partial charge in [-0.25, -0.2) is 9.97 Å². The summed E-state index contributed by atoms with van der Waals surface area (Å²) >= 11 is 5.90. The normalized spacial score (nSPS) is 15.9. The Bertz CT molecular complexity index is 1380. The van der Waals surface area contributed by atoms with E-state index in [0.717, 1.165) is 23.7 Å². The van der Waals surface area contributed by atoms with Crippen molar-refractivity contribution in [1.82, 2.24) is 24.8 Å². The van der Waals surface area contributed by atoms with Crippen molar-refractivity contribution < 1.29 is 14.0 Å². The highest BCUT2D eigenvalue weighted by atomic mass is 35.5. The molecule has 2 amide bonds. The highest BCUT2D eigenvalue weighted by Gasteiger charge is 2.31. The lowest BCUT2D eigenvalue weighted by Gasteiger charge is -2.18. The van der Waals surface area contributed by atoms with Crippen molar-refractivity contribution in [2.24, 2.45) is 5.92 Å². The van der Waals surface area contributed by atoms with E-state index in [1.54, 1.807) is 29.3 Å². The van der Waals surface area contributed by atoms with Gasteiger partial charge >= 0.3 is 0 Å². The van der Waals surface area contributed by atoms with Gasteiger partial charge in [-0.1, -0.05) is 11.6 Å². The van der Waals surface area contributed by atoms with Gasteiger partial charge in [0.05, 0.1) is 6.54 Å². The van der Waals surface area contributed by atoms with E-state index in [1.807, 2.05) is 49.1 Å². The first-order valence-electron chi connectivity index (χ1n) is 11.3. The number of nitrogens with one attached hydrogen (secondary N) is 1. The monoisotopic (exact) mass is 492 g/mol. The number of anilines is 1. The number of nitrogens with zero attached hydrogens (tertiary/aromatic N) is 5. The predicted octanol–water partition coefficient (Wildman–Crippen LogP) is 3.51. The molecular formula is C25H25ClN6O3. The van der Waals surface area contributed by atoms with E-state index in [1.165, 1.54) is 0 Å². The second-order valence-corrected chi connectivity index (χ2v) is 9.27. The molecular weight excluding hydrogens is 468 g/mol. The minimum atomic E-state index is -0.344. The number of fused-ring (bicyclic) bond motifs is 1. The van der Waals surface area contributed by atoms with Crippen LogP contribution in [0.5, 0.6) is 0 Å². The van der Waals surface area contributed by atoms with Gasteiger partial charge in [0.15, 0.2) is 11.3 Å². The molecule has 9 nitrogen and oxygen atoms in total. The van der Waals surface area contributed by atoms with E-state index in [4.69, 9.17) is 16.0 Å². The third kappa shape index (κ3) is 4.91. The van der Waals surface area contributed by atoms with Crippen molar-refractivity contribution in [3.8, 4) is 5.69 Å². The summed E-state index contributed by atoms with van der Waals surface area (Å²) in [5.41, 5.74) is 2.84. The van der Waals surface area contributed by atoms with E-state index in [9.17, 15) is 9.59 Å². The molecule has 1 aliphatic rings. The first-order valence-corrected chi connectivity index (χ1v) is 11.7. The van der Waals surface area contributed by atoms with Crippen molar-refractivity contribution in [3.63, 3.8) is 0 Å². The highest BCUT2D eigenvalue weighted by molar-refractivity contribution is 6.29. The molecule has 0 bridgehead atoms. The summed E-state index contributed by atoms with van der Waals surface area (Å²) in [5.74, 6) is 0.806. The maximum atomic E-state index is 12.7. The molecule has 0 aliphatic carbocycles. The predicted molar refractivity (Wildman–Crippen MR) is 133 cm³/mol. The van der Waals surface area contributed by atoms with Crippen LogP contribution in [0, 0.1) is 5.92 Å². The number of rotatable bonds is 7. The first-order chi connectivity index (χ1) is 16.9. The van der Waals surface area contributed by atoms with E-state index < -0.39 is 0 Å². The maximum absolute atomic E-state index is 12.7. The average molecular weight is 493 g/mol. The summed E-state index contributed by atoms with van der Waals surface area (Å²) < 4.78 is 7.60. The molecule has 5 rings (SSSR count). The van der Waals surface area contributed by atoms with E-state index in [0.29, 0.717) is 35.8 Å². The minimum absolute atomic E-state index is 0.00316. The van der Waals surface area contributed by atoms with Crippen LogP contribution in [-0.4, -0.2) is 58.4 Å². The molecule has 4 heterocycles. The van der Waals surface area contributed by atoms with Gasteiger partial charge in [0.25, 0.3) is 5.91 Å². The van der Waals surface area contributed by atoms with Gasteiger partial charge in [0, 0.05) is 55.3 Å². The zero-order valence-corrected chi connectivity index (χ0v) is 20.2. The largest absolute Gasteiger partial charge is 0.449 e. The maximum Gasteiger partial charge on any atom is 0.287 e. The van der Waals surface area contributed by atoms with Crippen LogP contribution >= 0.6 is 11.6 Å². The molecule has 3 aromatic heterocycles. The molecule has 1 aromatic carbocycles. The Morgan fingerprint density at radius 2 is 1.97 bits per heavy atom. The number of carbonyl (C=O) groups excluding carboxylic acids is 2. The molecule has 1 saturated heterocycles. The number of furan rings is 1. The van der Waals surface area contributed by atoms with Crippen LogP contribution in [0.2, 0.25) is 5.15 Å². The lowest BCUT2D eigenvalue weighted by atomic mass is 10.1. The van der Waals surface area contributed by atoms with Crippen LogP contribution in [0.1, 0.15) is 22.8 Å². The van der Waals surface area contributed by atoms with Crippen LogP contribution < -0.4 is 10.2 Å². The Balaban J connectivity index is 1.21. The van der Waals surface area contributed by atoms with Gasteiger partial charge < -0.3 is 24.1 Å². The summed E-state index contributed by atoms with van der Waals surface area (Å²) in [5, 5.41) is 3.21. The van der Waals surface area contributed by atoms with Gasteiger partial charge in [-0.05, 0) is 50.5 Å². The molecule has 1 unspecified atom stereocenters. The molecule has 0 saturated carbocycles. The highest BCUT2D eigenvalue weighted by Crippen LogP contribution is 2.26. The van der Waals surface area contributed by atoms with Crippen LogP contribution in [-0.2, 0) is 11.3 Å². The molecule has 1 atom stereocenters. The number of hydrogen-bond donors (Lipinski definition) is 1. The molecule has 35 heavy (non-hydrogen) atoms. The van der Waals surface area contributed by atoms with Crippen LogP contribution in [0.25, 0.3) is 16.8 Å². The third-order valence-corrected chi connectivity index (χ3v) is 6.14. The molecule has 180 valence electrons. The van der Waals surface area contributed by atoms with E-state index in [-0.39, 0.29) is 23.5 Å². The molecule has 0 spiro atoms. The molecule has 4 aromatic rings. The van der Waals surface area contributed by atoms with E-state index in [2.05, 4.69) is 20.2 Å². The summed E-state index contributed by atoms with van der Waals surface area (Å²) in [7, 11) is 4.01. The fraction of sp³-hybridized carbons (Fsp3) is 0.280. The summed E-state index contributed by atoms with van der Waals surface area (Å²) in [6, 6.07) is 12.7. The molecule has 1 aliphatic heterocycles. The third-order valence-electron chi connectivity index (χ3n) is 5.93. The Morgan fingerprint density at radius 3 is 2.74 bits per heavy atom. The van der Waals surface area contributed by atoms with Gasteiger partial charge in [0.2, 0.25) is 5.91 Å². The number of halogens is 1. The molecule has 1 N–H and O–H groups in total. The Labute approximate surface area is 207 Å². The Hall–Kier alpha value is -3.69. The van der Waals surface area contributed by atoms with Crippen molar-refractivity contribution in [1.29, 1.82) is 0 Å². The fourth-order valence-electron chi connectivity index (χ4n) is 4.27. The van der Waals surface area contributed by atoms with Crippen molar-refractivity contribution in [2.75, 3.05) is 32.1 Å². The minimum Gasteiger partial charge on any atom is -0.449 e. The van der Waals surface area contributed by atoms with Gasteiger partial charge in [-0.15, -0.1) is 0 Å². The van der Waals surface area contributed by atoms with Crippen molar-refractivity contribution in [3.05, 3.63) is 71.6 Å². The number of aromatic nitrogens is 3. The smallest absolute Gasteiger partial charge is 0.287 e. The second-order valence-electron chi connectivity index (χ2n) is 8.88. The van der Waals surface area contributed by atoms with Crippen LogP contribution in [0.3, 0.4) is 0 Å². The molecule has 1 fully saturated rings. The topological polar surface area (TPSA) is 96.5 Å². The zero-order valence-electron chi connectivity index (χ0n) is 19.4. The van der Waals surface area contributed by atoms with Gasteiger partial charge in [-0.2, -0.15) is 0 Å². The average Bonchev–Trinajstić information content (AvgIpc) is 3.55. The summed E-state index contributed by atoms with van der Waals surface area (Å²) in [6.45, 7) is 1.63. The summed E-state index contributed by atoms with van der Waals surface area (Å²) in [6.07, 6.45) is 4.08. The number of hydrogen-bond acceptors (Lipinski definition) is 6. The lowest BCUT2D eigenvalue weighted by Crippen LogP contribution is -2.31. The number of amides is 2. The first kappa shape index (κ1) is 23.1. The number of carbonyl (C=O) groups is 2. The fourth-order valence-corrected chi connectivity index (χ4v) is 4.42. The number of benzene rings is 1.